The number of nitrogens with one attached hydrogen (secondary N) is 2. The lowest BCUT2D eigenvalue weighted by Crippen LogP contribution is -2.40. The number of hydrogen-bond donors (Lipinski definition) is 3. The van der Waals surface area contributed by atoms with E-state index in [4.69, 9.17) is 4.74 Å². The van der Waals surface area contributed by atoms with E-state index in [-0.39, 0.29) is 23.4 Å². The van der Waals surface area contributed by atoms with Gasteiger partial charge in [-0.15, -0.1) is 0 Å². The average Bonchev–Trinajstić information content (AvgIpc) is 2.68. The molecule has 2 amide bonds. The van der Waals surface area contributed by atoms with E-state index in [1.165, 1.54) is 30.3 Å². The van der Waals surface area contributed by atoms with Crippen LogP contribution in [0, 0.1) is 5.82 Å². The maximum absolute atomic E-state index is 13.6. The van der Waals surface area contributed by atoms with Crippen LogP contribution in [0.25, 0.3) is 0 Å². The van der Waals surface area contributed by atoms with Crippen molar-refractivity contribution in [2.75, 3.05) is 11.9 Å². The Morgan fingerprint density at radius 2 is 1.79 bits per heavy atom. The van der Waals surface area contributed by atoms with Crippen LogP contribution in [0.1, 0.15) is 30.1 Å². The quantitative estimate of drug-likeness (QED) is 0.613. The molecule has 0 aliphatic carbocycles. The predicted molar refractivity (Wildman–Crippen MR) is 101 cm³/mol. The van der Waals surface area contributed by atoms with Crippen molar-refractivity contribution in [2.24, 2.45) is 0 Å². The van der Waals surface area contributed by atoms with Crippen LogP contribution in [0.15, 0.2) is 48.5 Å². The topological polar surface area (TPSA) is 105 Å². The number of amides is 2. The summed E-state index contributed by atoms with van der Waals surface area (Å²) in [6.45, 7) is 1.36. The highest BCUT2D eigenvalue weighted by Gasteiger charge is 2.21. The molecule has 0 saturated heterocycles. The van der Waals surface area contributed by atoms with Crippen LogP contribution in [-0.2, 0) is 9.59 Å². The Balaban J connectivity index is 2.03. The molecule has 2 aromatic rings. The van der Waals surface area contributed by atoms with Crippen LogP contribution in [0.5, 0.6) is 5.75 Å². The first-order valence-electron chi connectivity index (χ1n) is 8.72. The van der Waals surface area contributed by atoms with Crippen LogP contribution in [0.2, 0.25) is 0 Å². The number of halogens is 1. The molecular formula is C20H21FN2O5. The third kappa shape index (κ3) is 5.80. The highest BCUT2D eigenvalue weighted by molar-refractivity contribution is 5.99. The Bertz CT molecular complexity index is 856. The fourth-order valence-corrected chi connectivity index (χ4v) is 2.45. The number of carboxylic acids is 1. The Morgan fingerprint density at radius 1 is 1.11 bits per heavy atom. The van der Waals surface area contributed by atoms with Gasteiger partial charge in [0, 0.05) is 0 Å². The van der Waals surface area contributed by atoms with Gasteiger partial charge in [-0.2, -0.15) is 0 Å². The van der Waals surface area contributed by atoms with Gasteiger partial charge in [-0.05, 0) is 30.7 Å². The molecule has 0 heterocycles. The van der Waals surface area contributed by atoms with Crippen molar-refractivity contribution < 1.29 is 28.6 Å². The first kappa shape index (κ1) is 20.9. The number of carbonyl (C=O) groups excluding carboxylic acids is 2. The second kappa shape index (κ2) is 10.1. The maximum atomic E-state index is 13.6. The molecule has 0 spiro atoms. The number of hydrogen-bond acceptors (Lipinski definition) is 4. The second-order valence-electron chi connectivity index (χ2n) is 5.97. The van der Waals surface area contributed by atoms with E-state index in [0.717, 1.165) is 0 Å². The minimum atomic E-state index is -1.13. The van der Waals surface area contributed by atoms with Crippen LogP contribution in [0.3, 0.4) is 0 Å². The van der Waals surface area contributed by atoms with Crippen molar-refractivity contribution in [1.82, 2.24) is 5.32 Å². The zero-order valence-electron chi connectivity index (χ0n) is 15.3. The predicted octanol–water partition coefficient (Wildman–Crippen LogP) is 2.83. The van der Waals surface area contributed by atoms with E-state index >= 15 is 0 Å². The molecule has 2 rings (SSSR count). The Kier molecular flexibility index (Phi) is 7.50. The summed E-state index contributed by atoms with van der Waals surface area (Å²) < 4.78 is 19.0. The van der Waals surface area contributed by atoms with E-state index < -0.39 is 36.2 Å². The van der Waals surface area contributed by atoms with E-state index in [9.17, 15) is 23.9 Å². The van der Waals surface area contributed by atoms with Crippen molar-refractivity contribution in [3.8, 4) is 5.75 Å². The fraction of sp³-hybridized carbons (Fsp3) is 0.250. The molecule has 0 aliphatic rings. The van der Waals surface area contributed by atoms with E-state index in [0.29, 0.717) is 6.42 Å². The summed E-state index contributed by atoms with van der Waals surface area (Å²) in [7, 11) is 0. The lowest BCUT2D eigenvalue weighted by molar-refractivity contribution is -0.139. The van der Waals surface area contributed by atoms with Crippen molar-refractivity contribution in [3.05, 3.63) is 59.9 Å². The highest BCUT2D eigenvalue weighted by atomic mass is 19.1. The maximum Gasteiger partial charge on any atom is 0.326 e. The van der Waals surface area contributed by atoms with Crippen molar-refractivity contribution in [2.45, 2.75) is 25.8 Å². The summed E-state index contributed by atoms with van der Waals surface area (Å²) in [4.78, 5) is 35.6. The minimum absolute atomic E-state index is 0.0194. The monoisotopic (exact) mass is 388 g/mol. The molecule has 0 aliphatic heterocycles. The SMILES string of the molecule is CCCC(NC(=O)c1ccccc1OCC(=O)Nc1ccccc1F)C(=O)O. The van der Waals surface area contributed by atoms with Crippen molar-refractivity contribution >= 4 is 23.5 Å². The summed E-state index contributed by atoms with van der Waals surface area (Å²) in [5.41, 5.74) is 0.120. The molecule has 8 heteroatoms. The van der Waals surface area contributed by atoms with Crippen molar-refractivity contribution in [3.63, 3.8) is 0 Å². The van der Waals surface area contributed by atoms with Gasteiger partial charge < -0.3 is 20.5 Å². The molecule has 148 valence electrons. The molecule has 0 aromatic heterocycles. The Labute approximate surface area is 161 Å². The summed E-state index contributed by atoms with van der Waals surface area (Å²) in [5, 5.41) is 14.0. The minimum Gasteiger partial charge on any atom is -0.483 e. The van der Waals surface area contributed by atoms with Crippen LogP contribution in [-0.4, -0.2) is 35.5 Å². The first-order valence-corrected chi connectivity index (χ1v) is 8.72. The van der Waals surface area contributed by atoms with Gasteiger partial charge in [0.15, 0.2) is 6.61 Å². The second-order valence-corrected chi connectivity index (χ2v) is 5.97. The van der Waals surface area contributed by atoms with E-state index in [2.05, 4.69) is 10.6 Å². The summed E-state index contributed by atoms with van der Waals surface area (Å²) >= 11 is 0. The number of aliphatic carboxylic acids is 1. The van der Waals surface area contributed by atoms with Gasteiger partial charge in [0.25, 0.3) is 11.8 Å². The number of carboxylic acid groups (broad SMARTS) is 1. The molecule has 1 unspecified atom stereocenters. The molecule has 0 saturated carbocycles. The lowest BCUT2D eigenvalue weighted by Gasteiger charge is -2.16. The largest absolute Gasteiger partial charge is 0.483 e. The van der Waals surface area contributed by atoms with Gasteiger partial charge in [0.2, 0.25) is 0 Å². The fourth-order valence-electron chi connectivity index (χ4n) is 2.45. The molecular weight excluding hydrogens is 367 g/mol. The number of para-hydroxylation sites is 2. The average molecular weight is 388 g/mol. The van der Waals surface area contributed by atoms with Gasteiger partial charge in [0.1, 0.15) is 17.6 Å². The van der Waals surface area contributed by atoms with Crippen LogP contribution >= 0.6 is 0 Å². The number of anilines is 1. The van der Waals surface area contributed by atoms with Crippen LogP contribution < -0.4 is 15.4 Å². The Hall–Kier alpha value is -3.42. The standard InChI is InChI=1S/C20H21FN2O5/c1-2-7-16(20(26)27)23-19(25)13-8-3-6-11-17(13)28-12-18(24)22-15-10-5-4-9-14(15)21/h3-6,8-11,16H,2,7,12H2,1H3,(H,22,24)(H,23,25)(H,26,27). The number of benzene rings is 2. The summed E-state index contributed by atoms with van der Waals surface area (Å²) in [5.74, 6) is -2.81. The molecule has 0 bridgehead atoms. The number of carbonyl (C=O) groups is 3. The third-order valence-corrected chi connectivity index (χ3v) is 3.82. The highest BCUT2D eigenvalue weighted by Crippen LogP contribution is 2.19. The zero-order valence-corrected chi connectivity index (χ0v) is 15.3. The van der Waals surface area contributed by atoms with Gasteiger partial charge in [0.05, 0.1) is 11.3 Å². The van der Waals surface area contributed by atoms with Crippen molar-refractivity contribution in [1.29, 1.82) is 0 Å². The number of rotatable bonds is 9. The summed E-state index contributed by atoms with van der Waals surface area (Å²) in [6.07, 6.45) is 0.876. The molecule has 2 aromatic carbocycles. The normalized spacial score (nSPS) is 11.4. The Morgan fingerprint density at radius 3 is 2.46 bits per heavy atom. The van der Waals surface area contributed by atoms with Gasteiger partial charge in [-0.25, -0.2) is 9.18 Å². The van der Waals surface area contributed by atoms with Gasteiger partial charge in [-0.1, -0.05) is 37.6 Å². The number of ether oxygens (including phenoxy) is 1. The van der Waals surface area contributed by atoms with Gasteiger partial charge in [-0.3, -0.25) is 9.59 Å². The molecule has 7 nitrogen and oxygen atoms in total. The third-order valence-electron chi connectivity index (χ3n) is 3.82. The smallest absolute Gasteiger partial charge is 0.326 e. The molecule has 3 N–H and O–H groups in total. The van der Waals surface area contributed by atoms with E-state index in [1.54, 1.807) is 18.2 Å². The zero-order chi connectivity index (χ0) is 20.5. The summed E-state index contributed by atoms with van der Waals surface area (Å²) in [6, 6.07) is 10.8. The van der Waals surface area contributed by atoms with E-state index in [1.807, 2.05) is 6.92 Å². The molecule has 1 atom stereocenters. The van der Waals surface area contributed by atoms with Gasteiger partial charge >= 0.3 is 5.97 Å². The molecule has 0 fully saturated rings. The molecule has 0 radical (unpaired) electrons. The lowest BCUT2D eigenvalue weighted by atomic mass is 10.1. The van der Waals surface area contributed by atoms with Crippen LogP contribution in [0.4, 0.5) is 10.1 Å². The molecule has 28 heavy (non-hydrogen) atoms. The first-order chi connectivity index (χ1) is 13.4.